The third-order valence-electron chi connectivity index (χ3n) is 5.42. The standard InChI is InChI=1S/C26H26N2O5S/c1-5-32-19-13-12-18(20(15-19)33-6-2)14-21-24(29)28-23(17-10-8-7-9-11-17)22(25(30)31-4)16(3)27-26(28)34-21/h7-15,23H,5-6H2,1-4H3. The lowest BCUT2D eigenvalue weighted by molar-refractivity contribution is -0.136. The van der Waals surface area contributed by atoms with Crippen molar-refractivity contribution in [1.82, 2.24) is 4.57 Å². The van der Waals surface area contributed by atoms with Crippen LogP contribution in [-0.4, -0.2) is 30.9 Å². The fourth-order valence-electron chi connectivity index (χ4n) is 3.96. The third kappa shape index (κ3) is 4.41. The Balaban J connectivity index is 1.92. The number of ether oxygens (including phenoxy) is 3. The largest absolute Gasteiger partial charge is 0.494 e. The summed E-state index contributed by atoms with van der Waals surface area (Å²) in [5.41, 5.74) is 2.22. The molecule has 0 saturated heterocycles. The number of rotatable bonds is 7. The maximum atomic E-state index is 13.6. The molecule has 1 atom stereocenters. The monoisotopic (exact) mass is 478 g/mol. The van der Waals surface area contributed by atoms with Crippen LogP contribution in [0.1, 0.15) is 37.9 Å². The molecule has 0 N–H and O–H groups in total. The van der Waals surface area contributed by atoms with Gasteiger partial charge in [-0.15, -0.1) is 0 Å². The summed E-state index contributed by atoms with van der Waals surface area (Å²) in [6.07, 6.45) is 1.80. The van der Waals surface area contributed by atoms with Crippen LogP contribution >= 0.6 is 11.3 Å². The van der Waals surface area contributed by atoms with E-state index in [1.165, 1.54) is 18.4 Å². The van der Waals surface area contributed by atoms with Gasteiger partial charge in [-0.3, -0.25) is 9.36 Å². The average Bonchev–Trinajstić information content (AvgIpc) is 3.14. The van der Waals surface area contributed by atoms with Crippen molar-refractivity contribution in [3.05, 3.63) is 90.6 Å². The first-order valence-corrected chi connectivity index (χ1v) is 11.9. The minimum atomic E-state index is -0.626. The maximum Gasteiger partial charge on any atom is 0.338 e. The van der Waals surface area contributed by atoms with Gasteiger partial charge in [0.15, 0.2) is 4.80 Å². The van der Waals surface area contributed by atoms with Gasteiger partial charge in [0.1, 0.15) is 11.5 Å². The number of thiazole rings is 1. The minimum Gasteiger partial charge on any atom is -0.494 e. The van der Waals surface area contributed by atoms with E-state index in [1.807, 2.05) is 62.4 Å². The highest BCUT2D eigenvalue weighted by molar-refractivity contribution is 7.07. The zero-order valence-corrected chi connectivity index (χ0v) is 20.3. The minimum absolute atomic E-state index is 0.233. The van der Waals surface area contributed by atoms with Crippen LogP contribution in [0.15, 0.2) is 69.6 Å². The summed E-state index contributed by atoms with van der Waals surface area (Å²) >= 11 is 1.28. The molecule has 2 heterocycles. The molecule has 0 fully saturated rings. The van der Waals surface area contributed by atoms with Crippen molar-refractivity contribution >= 4 is 23.4 Å². The van der Waals surface area contributed by atoms with Gasteiger partial charge in [0.05, 0.1) is 42.2 Å². The van der Waals surface area contributed by atoms with Gasteiger partial charge < -0.3 is 14.2 Å². The predicted octanol–water partition coefficient (Wildman–Crippen LogP) is 3.21. The normalized spacial score (nSPS) is 15.5. The molecule has 4 rings (SSSR count). The molecule has 1 aliphatic heterocycles. The molecule has 176 valence electrons. The van der Waals surface area contributed by atoms with Crippen molar-refractivity contribution in [1.29, 1.82) is 0 Å². The maximum absolute atomic E-state index is 13.6. The molecule has 0 aliphatic carbocycles. The van der Waals surface area contributed by atoms with Gasteiger partial charge in [-0.1, -0.05) is 41.7 Å². The molecule has 2 aromatic carbocycles. The molecular weight excluding hydrogens is 452 g/mol. The molecule has 0 saturated carbocycles. The molecule has 0 radical (unpaired) electrons. The summed E-state index contributed by atoms with van der Waals surface area (Å²) in [6, 6.07) is 14.3. The number of nitrogens with zero attached hydrogens (tertiary/aromatic N) is 2. The van der Waals surface area contributed by atoms with Gasteiger partial charge in [0, 0.05) is 11.6 Å². The number of carbonyl (C=O) groups is 1. The molecule has 0 bridgehead atoms. The first-order valence-electron chi connectivity index (χ1n) is 11.0. The summed E-state index contributed by atoms with van der Waals surface area (Å²) in [5, 5.41) is 0. The van der Waals surface area contributed by atoms with Gasteiger partial charge in [0.25, 0.3) is 5.56 Å². The smallest absolute Gasteiger partial charge is 0.338 e. The Morgan fingerprint density at radius 1 is 1.12 bits per heavy atom. The zero-order chi connectivity index (χ0) is 24.2. The summed E-state index contributed by atoms with van der Waals surface area (Å²) in [6.45, 7) is 6.61. The number of methoxy groups -OCH3 is 1. The van der Waals surface area contributed by atoms with Crippen molar-refractivity contribution in [3.8, 4) is 11.5 Å². The second-order valence-corrected chi connectivity index (χ2v) is 8.56. The van der Waals surface area contributed by atoms with Crippen LogP contribution in [0.2, 0.25) is 0 Å². The highest BCUT2D eigenvalue weighted by atomic mass is 32.1. The predicted molar refractivity (Wildman–Crippen MR) is 131 cm³/mol. The van der Waals surface area contributed by atoms with Crippen LogP contribution in [0.4, 0.5) is 0 Å². The lowest BCUT2D eigenvalue weighted by Gasteiger charge is -2.24. The number of aromatic nitrogens is 1. The number of hydrogen-bond acceptors (Lipinski definition) is 7. The van der Waals surface area contributed by atoms with E-state index >= 15 is 0 Å². The van der Waals surface area contributed by atoms with Crippen LogP contribution in [0.3, 0.4) is 0 Å². The van der Waals surface area contributed by atoms with Crippen molar-refractivity contribution < 1.29 is 19.0 Å². The van der Waals surface area contributed by atoms with E-state index in [1.54, 1.807) is 17.6 Å². The average molecular weight is 479 g/mol. The van der Waals surface area contributed by atoms with Gasteiger partial charge in [-0.2, -0.15) is 0 Å². The second kappa shape index (κ2) is 10.1. The Hall–Kier alpha value is -3.65. The highest BCUT2D eigenvalue weighted by Gasteiger charge is 2.32. The lowest BCUT2D eigenvalue weighted by atomic mass is 9.96. The summed E-state index contributed by atoms with van der Waals surface area (Å²) < 4.78 is 18.5. The highest BCUT2D eigenvalue weighted by Crippen LogP contribution is 2.30. The van der Waals surface area contributed by atoms with E-state index in [0.29, 0.717) is 45.3 Å². The first-order chi connectivity index (χ1) is 16.5. The van der Waals surface area contributed by atoms with E-state index in [-0.39, 0.29) is 5.56 Å². The van der Waals surface area contributed by atoms with E-state index in [0.717, 1.165) is 11.1 Å². The van der Waals surface area contributed by atoms with Gasteiger partial charge in [-0.25, -0.2) is 9.79 Å². The Labute approximate surface area is 201 Å². The van der Waals surface area contributed by atoms with Crippen molar-refractivity contribution in [2.45, 2.75) is 26.8 Å². The number of carbonyl (C=O) groups excluding carboxylic acids is 1. The molecule has 1 aliphatic rings. The Morgan fingerprint density at radius 2 is 1.85 bits per heavy atom. The summed E-state index contributed by atoms with van der Waals surface area (Å²) in [4.78, 5) is 31.4. The summed E-state index contributed by atoms with van der Waals surface area (Å²) in [5.74, 6) is 0.826. The zero-order valence-electron chi connectivity index (χ0n) is 19.5. The van der Waals surface area contributed by atoms with E-state index in [2.05, 4.69) is 4.99 Å². The van der Waals surface area contributed by atoms with E-state index in [4.69, 9.17) is 14.2 Å². The number of hydrogen-bond donors (Lipinski definition) is 0. The van der Waals surface area contributed by atoms with Crippen molar-refractivity contribution in [3.63, 3.8) is 0 Å². The molecule has 34 heavy (non-hydrogen) atoms. The van der Waals surface area contributed by atoms with Gasteiger partial charge in [0.2, 0.25) is 0 Å². The van der Waals surface area contributed by atoms with Crippen LogP contribution in [0.25, 0.3) is 6.08 Å². The SMILES string of the molecule is CCOc1ccc(C=c2sc3n(c2=O)C(c2ccccc2)C(C(=O)OC)=C(C)N=3)c(OCC)c1. The number of fused-ring (bicyclic) bond motifs is 1. The molecule has 0 amide bonds. The number of benzene rings is 2. The molecule has 1 aromatic heterocycles. The summed E-state index contributed by atoms with van der Waals surface area (Å²) in [7, 11) is 1.33. The molecule has 8 heteroatoms. The quantitative estimate of drug-likeness (QED) is 0.488. The number of allylic oxidation sites excluding steroid dienone is 1. The van der Waals surface area contributed by atoms with Crippen LogP contribution in [0.5, 0.6) is 11.5 Å². The molecular formula is C26H26N2O5S. The van der Waals surface area contributed by atoms with Gasteiger partial charge in [-0.05, 0) is 44.5 Å². The first kappa shape index (κ1) is 23.5. The second-order valence-electron chi connectivity index (χ2n) is 7.55. The Kier molecular flexibility index (Phi) is 6.98. The lowest BCUT2D eigenvalue weighted by Crippen LogP contribution is -2.39. The van der Waals surface area contributed by atoms with Crippen LogP contribution in [0, 0.1) is 0 Å². The van der Waals surface area contributed by atoms with Crippen molar-refractivity contribution in [2.24, 2.45) is 4.99 Å². The van der Waals surface area contributed by atoms with Crippen LogP contribution in [-0.2, 0) is 9.53 Å². The van der Waals surface area contributed by atoms with E-state index < -0.39 is 12.0 Å². The topological polar surface area (TPSA) is 79.1 Å². The fraction of sp³-hybridized carbons (Fsp3) is 0.269. The number of esters is 1. The molecule has 7 nitrogen and oxygen atoms in total. The fourth-order valence-corrected chi connectivity index (χ4v) is 4.99. The molecule has 3 aromatic rings. The van der Waals surface area contributed by atoms with Gasteiger partial charge >= 0.3 is 5.97 Å². The van der Waals surface area contributed by atoms with E-state index in [9.17, 15) is 9.59 Å². The Bertz CT molecular complexity index is 1420. The molecule has 0 spiro atoms. The van der Waals surface area contributed by atoms with Crippen molar-refractivity contribution in [2.75, 3.05) is 20.3 Å². The third-order valence-corrected chi connectivity index (χ3v) is 6.41. The van der Waals surface area contributed by atoms with Crippen LogP contribution < -0.4 is 24.4 Å². The molecule has 1 unspecified atom stereocenters. The Morgan fingerprint density at radius 3 is 2.53 bits per heavy atom.